The molecule has 50 valence electrons. The maximum absolute atomic E-state index is 7.32. The van der Waals surface area contributed by atoms with Crippen molar-refractivity contribution in [2.75, 3.05) is 21.1 Å². The zero-order valence-corrected chi connectivity index (χ0v) is 6.10. The summed E-state index contributed by atoms with van der Waals surface area (Å²) in [5.41, 5.74) is 0. The smallest absolute Gasteiger partial charge is 0.0587 e. The summed E-state index contributed by atoms with van der Waals surface area (Å²) in [6, 6.07) is 1.75. The Morgan fingerprint density at radius 2 is 1.25 bits per heavy atom. The molecule has 0 aliphatic rings. The number of rotatable bonds is 0. The summed E-state index contributed by atoms with van der Waals surface area (Å²) in [7, 11) is 6.00. The fraction of sp³-hybridized carbons (Fsp3) is 0.800. The van der Waals surface area contributed by atoms with E-state index >= 15 is 0 Å². The van der Waals surface area contributed by atoms with E-state index in [2.05, 4.69) is 0 Å². The molecule has 0 saturated heterocycles. The summed E-state index contributed by atoms with van der Waals surface area (Å²) in [6.45, 7) is 1.43. The predicted octanol–water partition coefficient (Wildman–Crippen LogP) is 0.870. The largest absolute Gasteiger partial charge is 0.344 e. The Bertz CT molecular complexity index is 50.4. The van der Waals surface area contributed by atoms with Gasteiger partial charge < -0.3 is 11.1 Å². The van der Waals surface area contributed by atoms with E-state index in [4.69, 9.17) is 5.26 Å². The quantitative estimate of drug-likeness (QED) is 0.512. The van der Waals surface area contributed by atoms with Gasteiger partial charge in [0.2, 0.25) is 0 Å². The van der Waals surface area contributed by atoms with Crippen LogP contribution in [-0.2, 0) is 0 Å². The Balaban J connectivity index is -0.0000000575. The van der Waals surface area contributed by atoms with E-state index in [0.29, 0.717) is 0 Å². The molecule has 0 heterocycles. The Morgan fingerprint density at radius 1 is 1.25 bits per heavy atom. The number of hydrogen-bond donors (Lipinski definition) is 1. The van der Waals surface area contributed by atoms with Crippen LogP contribution in [0.4, 0.5) is 0 Å². The van der Waals surface area contributed by atoms with E-state index < -0.39 is 0 Å². The first kappa shape index (κ1) is 15.7. The molecule has 0 unspecified atom stereocenters. The van der Waals surface area contributed by atoms with E-state index in [-0.39, 0.29) is 6.15 Å². The van der Waals surface area contributed by atoms with Crippen molar-refractivity contribution >= 4 is 0 Å². The van der Waals surface area contributed by atoms with Crippen molar-refractivity contribution in [1.29, 1.82) is 5.26 Å². The molecule has 0 aliphatic carbocycles. The van der Waals surface area contributed by atoms with Crippen molar-refractivity contribution in [1.82, 2.24) is 11.1 Å². The fourth-order valence-electron chi connectivity index (χ4n) is 0. The van der Waals surface area contributed by atoms with Crippen molar-refractivity contribution in [2.24, 2.45) is 0 Å². The lowest BCUT2D eigenvalue weighted by Crippen LogP contribution is -1.99. The molecule has 0 aliphatic heterocycles. The maximum Gasteiger partial charge on any atom is 0.0587 e. The minimum absolute atomic E-state index is 0. The molecule has 0 radical (unpaired) electrons. The molecule has 0 aromatic carbocycles. The van der Waals surface area contributed by atoms with Crippen LogP contribution in [0.15, 0.2) is 0 Å². The molecule has 0 saturated carbocycles. The van der Waals surface area contributed by atoms with Gasteiger partial charge in [-0.2, -0.15) is 5.26 Å². The topological polar surface area (TPSA) is 62.0 Å². The lowest BCUT2D eigenvalue weighted by atomic mass is 11.0. The van der Waals surface area contributed by atoms with Crippen LogP contribution in [0.2, 0.25) is 0 Å². The molecule has 0 rings (SSSR count). The molecule has 0 aromatic rings. The zero-order valence-electron chi connectivity index (χ0n) is 6.10. The molecule has 3 N–H and O–H groups in total. The Labute approximate surface area is 51.5 Å². The van der Waals surface area contributed by atoms with Crippen LogP contribution < -0.4 is 6.15 Å². The van der Waals surface area contributed by atoms with Gasteiger partial charge in [-0.05, 0) is 21.1 Å². The average Bonchev–Trinajstić information content (AvgIpc) is 1.33. The highest BCUT2D eigenvalue weighted by molar-refractivity contribution is 4.51. The summed E-state index contributed by atoms with van der Waals surface area (Å²) in [5.74, 6) is 0. The standard InChI is InChI=1S/C3H9N.C2H3N.H3N/c1-4(2)3;1-2-3;/h1-3H3;1H3;1H3. The van der Waals surface area contributed by atoms with E-state index in [9.17, 15) is 0 Å². The van der Waals surface area contributed by atoms with Crippen molar-refractivity contribution in [3.05, 3.63) is 0 Å². The Kier molecular flexibility index (Phi) is 31.6. The number of hydrogen-bond acceptors (Lipinski definition) is 3. The van der Waals surface area contributed by atoms with Crippen LogP contribution in [0.5, 0.6) is 0 Å². The molecule has 3 nitrogen and oxygen atoms in total. The van der Waals surface area contributed by atoms with Gasteiger partial charge in [-0.15, -0.1) is 0 Å². The minimum atomic E-state index is 0. The van der Waals surface area contributed by atoms with Crippen LogP contribution in [0, 0.1) is 11.3 Å². The summed E-state index contributed by atoms with van der Waals surface area (Å²) in [4.78, 5) is 2.00. The van der Waals surface area contributed by atoms with E-state index in [1.807, 2.05) is 26.0 Å². The van der Waals surface area contributed by atoms with Gasteiger partial charge in [0.1, 0.15) is 0 Å². The van der Waals surface area contributed by atoms with Crippen LogP contribution in [0.25, 0.3) is 0 Å². The van der Waals surface area contributed by atoms with Gasteiger partial charge in [-0.3, -0.25) is 0 Å². The van der Waals surface area contributed by atoms with Crippen molar-refractivity contribution in [2.45, 2.75) is 6.92 Å². The van der Waals surface area contributed by atoms with Crippen LogP contribution >= 0.6 is 0 Å². The third kappa shape index (κ3) is 302. The van der Waals surface area contributed by atoms with Crippen LogP contribution in [0.1, 0.15) is 6.92 Å². The first-order valence-electron chi connectivity index (χ1n) is 2.07. The Hall–Kier alpha value is -0.590. The molecular weight excluding hydrogens is 102 g/mol. The van der Waals surface area contributed by atoms with Crippen molar-refractivity contribution in [3.63, 3.8) is 0 Å². The summed E-state index contributed by atoms with van der Waals surface area (Å²) in [5, 5.41) is 7.32. The second kappa shape index (κ2) is 16.1. The van der Waals surface area contributed by atoms with Crippen molar-refractivity contribution in [3.8, 4) is 6.07 Å². The highest BCUT2D eigenvalue weighted by atomic mass is 15.0. The first-order chi connectivity index (χ1) is 3.15. The normalized spacial score (nSPS) is 5.50. The predicted molar refractivity (Wildman–Crippen MR) is 35.9 cm³/mol. The maximum atomic E-state index is 7.32. The molecule has 0 amide bonds. The number of nitrogens with zero attached hydrogens (tertiary/aromatic N) is 2. The first-order valence-corrected chi connectivity index (χ1v) is 2.07. The monoisotopic (exact) mass is 117 g/mol. The third-order valence-electron chi connectivity index (χ3n) is 0. The van der Waals surface area contributed by atoms with Crippen LogP contribution in [-0.4, -0.2) is 26.0 Å². The molecule has 0 fully saturated rings. The molecule has 0 spiro atoms. The van der Waals surface area contributed by atoms with Gasteiger partial charge >= 0.3 is 0 Å². The van der Waals surface area contributed by atoms with Gasteiger partial charge in [-0.25, -0.2) is 0 Å². The molecular formula is C5H15N3. The van der Waals surface area contributed by atoms with Gasteiger partial charge in [0.15, 0.2) is 0 Å². The Morgan fingerprint density at radius 3 is 1.25 bits per heavy atom. The second-order valence-electron chi connectivity index (χ2n) is 1.57. The molecule has 3 heteroatoms. The SMILES string of the molecule is CC#N.CN(C)C.N. The highest BCUT2D eigenvalue weighted by Crippen LogP contribution is 1.47. The zero-order chi connectivity index (χ0) is 6.28. The van der Waals surface area contributed by atoms with Gasteiger partial charge in [-0.1, -0.05) is 0 Å². The average molecular weight is 117 g/mol. The molecule has 8 heavy (non-hydrogen) atoms. The summed E-state index contributed by atoms with van der Waals surface area (Å²) < 4.78 is 0. The minimum Gasteiger partial charge on any atom is -0.344 e. The third-order valence-corrected chi connectivity index (χ3v) is 0. The lowest BCUT2D eigenvalue weighted by molar-refractivity contribution is 0.505. The highest BCUT2D eigenvalue weighted by Gasteiger charge is 1.58. The summed E-state index contributed by atoms with van der Waals surface area (Å²) in [6.07, 6.45) is 0. The second-order valence-corrected chi connectivity index (χ2v) is 1.57. The lowest BCUT2D eigenvalue weighted by Gasteiger charge is -1.90. The van der Waals surface area contributed by atoms with Gasteiger partial charge in [0.25, 0.3) is 0 Å². The van der Waals surface area contributed by atoms with Gasteiger partial charge in [0.05, 0.1) is 6.07 Å². The van der Waals surface area contributed by atoms with E-state index in [1.165, 1.54) is 6.92 Å². The van der Waals surface area contributed by atoms with Crippen molar-refractivity contribution < 1.29 is 0 Å². The fourth-order valence-corrected chi connectivity index (χ4v) is 0. The molecule has 0 atom stereocenters. The van der Waals surface area contributed by atoms with Gasteiger partial charge in [0, 0.05) is 6.92 Å². The van der Waals surface area contributed by atoms with E-state index in [1.54, 1.807) is 6.07 Å². The van der Waals surface area contributed by atoms with Crippen LogP contribution in [0.3, 0.4) is 0 Å². The molecule has 0 bridgehead atoms. The molecule has 0 aromatic heterocycles. The number of nitriles is 1. The summed E-state index contributed by atoms with van der Waals surface area (Å²) >= 11 is 0. The van der Waals surface area contributed by atoms with E-state index in [0.717, 1.165) is 0 Å².